The van der Waals surface area contributed by atoms with Gasteiger partial charge < -0.3 is 0 Å². The summed E-state index contributed by atoms with van der Waals surface area (Å²) in [5.41, 5.74) is 11.9. The maximum absolute atomic E-state index is 5.04. The van der Waals surface area contributed by atoms with Gasteiger partial charge in [0, 0.05) is 28.1 Å². The molecule has 0 spiro atoms. The first-order valence-electron chi connectivity index (χ1n) is 13.0. The fourth-order valence-corrected chi connectivity index (χ4v) is 5.99. The Labute approximate surface area is 220 Å². The molecule has 1 aliphatic rings. The quantitative estimate of drug-likeness (QED) is 0.251. The van der Waals surface area contributed by atoms with Crippen LogP contribution in [0.1, 0.15) is 11.1 Å². The van der Waals surface area contributed by atoms with E-state index in [4.69, 9.17) is 9.97 Å². The molecule has 0 unspecified atom stereocenters. The summed E-state index contributed by atoms with van der Waals surface area (Å²) in [5.74, 6) is 0.918. The van der Waals surface area contributed by atoms with Crippen molar-refractivity contribution in [2.75, 3.05) is 0 Å². The van der Waals surface area contributed by atoms with Gasteiger partial charge in [-0.1, -0.05) is 84.9 Å². The maximum atomic E-state index is 5.04. The molecule has 8 rings (SSSR count). The molecule has 0 saturated heterocycles. The number of aromatic nitrogens is 3. The summed E-state index contributed by atoms with van der Waals surface area (Å²) in [6.07, 6.45) is 2.84. The summed E-state index contributed by atoms with van der Waals surface area (Å²) in [6, 6.07) is 42.8. The van der Waals surface area contributed by atoms with Crippen LogP contribution in [0.15, 0.2) is 128 Å². The van der Waals surface area contributed by atoms with Crippen LogP contribution in [0.2, 0.25) is 0 Å². The first-order chi connectivity index (χ1) is 18.8. The van der Waals surface area contributed by atoms with Gasteiger partial charge in [-0.15, -0.1) is 0 Å². The molecule has 3 heterocycles. The van der Waals surface area contributed by atoms with E-state index in [0.29, 0.717) is 0 Å². The molecule has 3 nitrogen and oxygen atoms in total. The summed E-state index contributed by atoms with van der Waals surface area (Å²) in [4.78, 5) is 9.80. The van der Waals surface area contributed by atoms with Crippen LogP contribution in [-0.4, -0.2) is 14.5 Å². The molecule has 0 fully saturated rings. The van der Waals surface area contributed by atoms with Crippen molar-refractivity contribution >= 4 is 21.8 Å². The number of rotatable bonds is 3. The predicted octanol–water partition coefficient (Wildman–Crippen LogP) is 8.48. The predicted molar refractivity (Wildman–Crippen MR) is 155 cm³/mol. The number of pyridine rings is 2. The Bertz CT molecular complexity index is 1990. The lowest BCUT2D eigenvalue weighted by Crippen LogP contribution is -1.97. The lowest BCUT2D eigenvalue weighted by Gasteiger charge is -2.09. The molecular formula is C35H23N3. The highest BCUT2D eigenvalue weighted by Gasteiger charge is 2.25. The Kier molecular flexibility index (Phi) is 4.58. The van der Waals surface area contributed by atoms with E-state index in [0.717, 1.165) is 40.3 Å². The number of hydrogen-bond acceptors (Lipinski definition) is 2. The SMILES string of the molecule is c1ccc(-c2cccc(-c3ccc4c5c6c(ccc5n(-c5ccccn5)c4c3)Cc3ccccc3-6)n2)cc1. The van der Waals surface area contributed by atoms with E-state index in [-0.39, 0.29) is 0 Å². The van der Waals surface area contributed by atoms with Crippen molar-refractivity contribution < 1.29 is 0 Å². The zero-order valence-electron chi connectivity index (χ0n) is 20.7. The molecule has 0 atom stereocenters. The van der Waals surface area contributed by atoms with Gasteiger partial charge >= 0.3 is 0 Å². The third kappa shape index (κ3) is 3.15. The van der Waals surface area contributed by atoms with E-state index in [1.165, 1.54) is 38.5 Å². The minimum absolute atomic E-state index is 0.918. The Hall–Kier alpha value is -5.02. The summed E-state index contributed by atoms with van der Waals surface area (Å²) >= 11 is 0. The average Bonchev–Trinajstić information content (AvgIpc) is 3.53. The molecule has 3 heteroatoms. The van der Waals surface area contributed by atoms with Crippen molar-refractivity contribution in [1.29, 1.82) is 0 Å². The number of fused-ring (bicyclic) bond motifs is 7. The Morgan fingerprint density at radius 1 is 0.579 bits per heavy atom. The van der Waals surface area contributed by atoms with Gasteiger partial charge in [-0.05, 0) is 65.1 Å². The van der Waals surface area contributed by atoms with E-state index < -0.39 is 0 Å². The van der Waals surface area contributed by atoms with E-state index >= 15 is 0 Å². The van der Waals surface area contributed by atoms with Crippen molar-refractivity contribution in [2.45, 2.75) is 6.42 Å². The number of hydrogen-bond donors (Lipinski definition) is 0. The van der Waals surface area contributed by atoms with Crippen LogP contribution >= 0.6 is 0 Å². The molecular weight excluding hydrogens is 462 g/mol. The largest absolute Gasteiger partial charge is 0.294 e. The van der Waals surface area contributed by atoms with Crippen LogP contribution < -0.4 is 0 Å². The Morgan fingerprint density at radius 2 is 1.39 bits per heavy atom. The Morgan fingerprint density at radius 3 is 2.26 bits per heavy atom. The standard InChI is InChI=1S/C35H23N3/c1-2-9-23(10-3-1)29-13-8-14-30(37-29)25-16-18-28-32(22-25)38(33-15-6-7-20-36-33)31-19-17-26-21-24-11-4-5-12-27(24)34(26)35(28)31/h1-20,22H,21H2. The lowest BCUT2D eigenvalue weighted by molar-refractivity contribution is 1.08. The zero-order valence-corrected chi connectivity index (χ0v) is 20.7. The monoisotopic (exact) mass is 485 g/mol. The van der Waals surface area contributed by atoms with Crippen LogP contribution in [-0.2, 0) is 6.42 Å². The topological polar surface area (TPSA) is 30.7 Å². The van der Waals surface area contributed by atoms with Crippen molar-refractivity contribution in [3.05, 3.63) is 139 Å². The highest BCUT2D eigenvalue weighted by molar-refractivity contribution is 6.17. The van der Waals surface area contributed by atoms with E-state index in [1.807, 2.05) is 18.3 Å². The minimum atomic E-state index is 0.918. The minimum Gasteiger partial charge on any atom is -0.294 e. The van der Waals surface area contributed by atoms with Crippen molar-refractivity contribution in [2.24, 2.45) is 0 Å². The summed E-state index contributed by atoms with van der Waals surface area (Å²) in [7, 11) is 0. The van der Waals surface area contributed by atoms with Crippen LogP contribution in [0.5, 0.6) is 0 Å². The highest BCUT2D eigenvalue weighted by atomic mass is 15.1. The molecule has 178 valence electrons. The van der Waals surface area contributed by atoms with Crippen LogP contribution in [0, 0.1) is 0 Å². The smallest absolute Gasteiger partial charge is 0.137 e. The van der Waals surface area contributed by atoms with Crippen LogP contribution in [0.4, 0.5) is 0 Å². The lowest BCUT2D eigenvalue weighted by atomic mass is 9.98. The molecule has 38 heavy (non-hydrogen) atoms. The molecule has 3 aromatic heterocycles. The number of benzene rings is 4. The van der Waals surface area contributed by atoms with Gasteiger partial charge in [0.25, 0.3) is 0 Å². The zero-order chi connectivity index (χ0) is 25.1. The average molecular weight is 486 g/mol. The van der Waals surface area contributed by atoms with E-state index in [1.54, 1.807) is 0 Å². The molecule has 1 aliphatic carbocycles. The van der Waals surface area contributed by atoms with Gasteiger partial charge in [0.2, 0.25) is 0 Å². The van der Waals surface area contributed by atoms with Crippen molar-refractivity contribution in [1.82, 2.24) is 14.5 Å². The Balaban J connectivity index is 1.41. The first-order valence-corrected chi connectivity index (χ1v) is 13.0. The molecule has 4 aromatic carbocycles. The molecule has 0 saturated carbocycles. The van der Waals surface area contributed by atoms with Gasteiger partial charge in [0.05, 0.1) is 22.4 Å². The second-order valence-electron chi connectivity index (χ2n) is 9.86. The van der Waals surface area contributed by atoms with E-state index in [2.05, 4.69) is 114 Å². The maximum Gasteiger partial charge on any atom is 0.137 e. The highest BCUT2D eigenvalue weighted by Crippen LogP contribution is 2.46. The molecule has 0 amide bonds. The molecule has 0 aliphatic heterocycles. The second-order valence-corrected chi connectivity index (χ2v) is 9.86. The van der Waals surface area contributed by atoms with Gasteiger partial charge in [-0.3, -0.25) is 4.57 Å². The number of nitrogens with zero attached hydrogens (tertiary/aromatic N) is 3. The normalized spacial score (nSPS) is 12.1. The van der Waals surface area contributed by atoms with Crippen molar-refractivity contribution in [3.8, 4) is 39.5 Å². The molecule has 7 aromatic rings. The first kappa shape index (κ1) is 21.1. The van der Waals surface area contributed by atoms with Gasteiger partial charge in [-0.2, -0.15) is 0 Å². The summed E-state index contributed by atoms with van der Waals surface area (Å²) < 4.78 is 2.30. The van der Waals surface area contributed by atoms with Gasteiger partial charge in [-0.25, -0.2) is 9.97 Å². The molecule has 0 bridgehead atoms. The van der Waals surface area contributed by atoms with Gasteiger partial charge in [0.1, 0.15) is 5.82 Å². The third-order valence-electron chi connectivity index (χ3n) is 7.68. The van der Waals surface area contributed by atoms with Gasteiger partial charge in [0.15, 0.2) is 0 Å². The van der Waals surface area contributed by atoms with Crippen LogP contribution in [0.3, 0.4) is 0 Å². The summed E-state index contributed by atoms with van der Waals surface area (Å²) in [6.45, 7) is 0. The van der Waals surface area contributed by atoms with Crippen LogP contribution in [0.25, 0.3) is 61.3 Å². The fourth-order valence-electron chi connectivity index (χ4n) is 5.99. The molecule has 0 radical (unpaired) electrons. The van der Waals surface area contributed by atoms with E-state index in [9.17, 15) is 0 Å². The summed E-state index contributed by atoms with van der Waals surface area (Å²) in [5, 5.41) is 2.54. The second kappa shape index (κ2) is 8.25. The molecule has 0 N–H and O–H groups in total. The van der Waals surface area contributed by atoms with Crippen molar-refractivity contribution in [3.63, 3.8) is 0 Å². The fraction of sp³-hybridized carbons (Fsp3) is 0.0286. The third-order valence-corrected chi connectivity index (χ3v) is 7.68.